The second-order valence-corrected chi connectivity index (χ2v) is 5.62. The average molecular weight is 261 g/mol. The van der Waals surface area contributed by atoms with Crippen molar-refractivity contribution < 1.29 is 9.53 Å². The van der Waals surface area contributed by atoms with Crippen LogP contribution in [0.1, 0.15) is 25.8 Å². The predicted octanol–water partition coefficient (Wildman–Crippen LogP) is 2.50. The zero-order chi connectivity index (χ0) is 13.7. The molecule has 0 aromatic heterocycles. The van der Waals surface area contributed by atoms with Gasteiger partial charge in [-0.2, -0.15) is 0 Å². The summed E-state index contributed by atoms with van der Waals surface area (Å²) in [7, 11) is 0. The third-order valence-corrected chi connectivity index (χ3v) is 3.38. The molecule has 1 aromatic rings. The van der Waals surface area contributed by atoms with Gasteiger partial charge in [-0.25, -0.2) is 0 Å². The number of carbonyl (C=O) groups excluding carboxylic acids is 1. The molecule has 1 saturated heterocycles. The van der Waals surface area contributed by atoms with Crippen LogP contribution in [0.5, 0.6) is 0 Å². The first kappa shape index (κ1) is 14.1. The summed E-state index contributed by atoms with van der Waals surface area (Å²) in [5.74, 6) is 0.680. The van der Waals surface area contributed by atoms with Gasteiger partial charge in [0.1, 0.15) is 0 Å². The fourth-order valence-electron chi connectivity index (χ4n) is 2.42. The van der Waals surface area contributed by atoms with Gasteiger partial charge in [0, 0.05) is 25.9 Å². The first-order chi connectivity index (χ1) is 9.15. The molecule has 1 aliphatic rings. The van der Waals surface area contributed by atoms with Gasteiger partial charge in [-0.1, -0.05) is 44.2 Å². The smallest absolute Gasteiger partial charge is 0.222 e. The second kappa shape index (κ2) is 6.71. The molecule has 1 atom stereocenters. The van der Waals surface area contributed by atoms with Crippen molar-refractivity contribution in [3.63, 3.8) is 0 Å². The van der Waals surface area contributed by atoms with Crippen LogP contribution >= 0.6 is 0 Å². The first-order valence-electron chi connectivity index (χ1n) is 7.08. The highest BCUT2D eigenvalue weighted by atomic mass is 16.5. The summed E-state index contributed by atoms with van der Waals surface area (Å²) in [6, 6.07) is 10.3. The summed E-state index contributed by atoms with van der Waals surface area (Å²) < 4.78 is 5.77. The van der Waals surface area contributed by atoms with Gasteiger partial charge in [0.05, 0.1) is 12.7 Å². The van der Waals surface area contributed by atoms with Crippen molar-refractivity contribution in [3.05, 3.63) is 35.9 Å². The minimum atomic E-state index is 0.132. The largest absolute Gasteiger partial charge is 0.374 e. The molecule has 1 amide bonds. The molecular formula is C16H23NO2. The Balaban J connectivity index is 1.88. The van der Waals surface area contributed by atoms with Gasteiger partial charge >= 0.3 is 0 Å². The SMILES string of the molecule is CC(C)CC(=O)N1CCOC(Cc2ccccc2)C1. The molecule has 104 valence electrons. The van der Waals surface area contributed by atoms with Crippen LogP contribution in [0.4, 0.5) is 0 Å². The topological polar surface area (TPSA) is 29.5 Å². The maximum atomic E-state index is 12.1. The lowest BCUT2D eigenvalue weighted by Crippen LogP contribution is -2.46. The van der Waals surface area contributed by atoms with E-state index in [4.69, 9.17) is 4.74 Å². The van der Waals surface area contributed by atoms with E-state index in [1.807, 2.05) is 23.1 Å². The Labute approximate surface area is 115 Å². The molecule has 0 N–H and O–H groups in total. The number of ether oxygens (including phenoxy) is 1. The summed E-state index contributed by atoms with van der Waals surface area (Å²) in [5.41, 5.74) is 1.27. The number of morpholine rings is 1. The third kappa shape index (κ3) is 4.35. The second-order valence-electron chi connectivity index (χ2n) is 5.62. The van der Waals surface area contributed by atoms with E-state index in [2.05, 4.69) is 26.0 Å². The molecule has 1 unspecified atom stereocenters. The Kier molecular flexibility index (Phi) is 4.97. The van der Waals surface area contributed by atoms with Gasteiger partial charge in [-0.05, 0) is 11.5 Å². The molecule has 19 heavy (non-hydrogen) atoms. The van der Waals surface area contributed by atoms with Crippen LogP contribution in [0.15, 0.2) is 30.3 Å². The molecule has 1 aromatic carbocycles. The van der Waals surface area contributed by atoms with Crippen molar-refractivity contribution in [1.29, 1.82) is 0 Å². The quantitative estimate of drug-likeness (QED) is 0.833. The van der Waals surface area contributed by atoms with E-state index >= 15 is 0 Å². The fraction of sp³-hybridized carbons (Fsp3) is 0.562. The summed E-state index contributed by atoms with van der Waals surface area (Å²) in [5, 5.41) is 0. The Morgan fingerprint density at radius 3 is 2.79 bits per heavy atom. The van der Waals surface area contributed by atoms with Gasteiger partial charge in [-0.3, -0.25) is 4.79 Å². The third-order valence-electron chi connectivity index (χ3n) is 3.38. The maximum Gasteiger partial charge on any atom is 0.222 e. The molecular weight excluding hydrogens is 238 g/mol. The van der Waals surface area contributed by atoms with E-state index in [0.29, 0.717) is 18.9 Å². The summed E-state index contributed by atoms with van der Waals surface area (Å²) in [4.78, 5) is 14.0. The monoisotopic (exact) mass is 261 g/mol. The van der Waals surface area contributed by atoms with Gasteiger partial charge in [0.25, 0.3) is 0 Å². The summed E-state index contributed by atoms with van der Waals surface area (Å²) in [6.45, 7) is 6.28. The van der Waals surface area contributed by atoms with Crippen molar-refractivity contribution in [2.24, 2.45) is 5.92 Å². The van der Waals surface area contributed by atoms with Crippen LogP contribution in [-0.2, 0) is 16.0 Å². The Bertz CT molecular complexity index is 402. The van der Waals surface area contributed by atoms with E-state index in [-0.39, 0.29) is 12.0 Å². The van der Waals surface area contributed by atoms with Crippen molar-refractivity contribution in [3.8, 4) is 0 Å². The molecule has 3 heteroatoms. The Morgan fingerprint density at radius 1 is 1.37 bits per heavy atom. The highest BCUT2D eigenvalue weighted by Gasteiger charge is 2.24. The first-order valence-corrected chi connectivity index (χ1v) is 7.08. The molecule has 3 nitrogen and oxygen atoms in total. The van der Waals surface area contributed by atoms with Crippen LogP contribution in [0.25, 0.3) is 0 Å². The summed E-state index contributed by atoms with van der Waals surface area (Å²) >= 11 is 0. The normalized spacial score (nSPS) is 19.7. The lowest BCUT2D eigenvalue weighted by atomic mass is 10.1. The number of carbonyl (C=O) groups is 1. The van der Waals surface area contributed by atoms with E-state index in [9.17, 15) is 4.79 Å². The maximum absolute atomic E-state index is 12.1. The van der Waals surface area contributed by atoms with E-state index in [1.165, 1.54) is 5.56 Å². The zero-order valence-electron chi connectivity index (χ0n) is 11.8. The number of nitrogens with zero attached hydrogens (tertiary/aromatic N) is 1. The van der Waals surface area contributed by atoms with Gasteiger partial charge in [-0.15, -0.1) is 0 Å². The molecule has 0 bridgehead atoms. The molecule has 0 saturated carbocycles. The highest BCUT2D eigenvalue weighted by Crippen LogP contribution is 2.14. The van der Waals surface area contributed by atoms with E-state index < -0.39 is 0 Å². The molecule has 1 aliphatic heterocycles. The van der Waals surface area contributed by atoms with Crippen LogP contribution in [0, 0.1) is 5.92 Å². The Morgan fingerprint density at radius 2 is 2.11 bits per heavy atom. The van der Waals surface area contributed by atoms with Crippen molar-refractivity contribution in [1.82, 2.24) is 4.90 Å². The lowest BCUT2D eigenvalue weighted by molar-refractivity contribution is -0.139. The fourth-order valence-corrected chi connectivity index (χ4v) is 2.42. The minimum Gasteiger partial charge on any atom is -0.374 e. The number of rotatable bonds is 4. The van der Waals surface area contributed by atoms with E-state index in [1.54, 1.807) is 0 Å². The number of amides is 1. The molecule has 0 aliphatic carbocycles. The molecule has 0 radical (unpaired) electrons. The van der Waals surface area contributed by atoms with Gasteiger partial charge in [0.15, 0.2) is 0 Å². The highest BCUT2D eigenvalue weighted by molar-refractivity contribution is 5.76. The van der Waals surface area contributed by atoms with Crippen LogP contribution < -0.4 is 0 Å². The van der Waals surface area contributed by atoms with Crippen LogP contribution in [-0.4, -0.2) is 36.6 Å². The van der Waals surface area contributed by atoms with Gasteiger partial charge in [0.2, 0.25) is 5.91 Å². The number of benzene rings is 1. The van der Waals surface area contributed by atoms with Crippen molar-refractivity contribution >= 4 is 5.91 Å². The van der Waals surface area contributed by atoms with E-state index in [0.717, 1.165) is 19.5 Å². The predicted molar refractivity (Wildman–Crippen MR) is 75.9 cm³/mol. The van der Waals surface area contributed by atoms with Crippen LogP contribution in [0.2, 0.25) is 0 Å². The average Bonchev–Trinajstić information content (AvgIpc) is 2.39. The number of hydrogen-bond acceptors (Lipinski definition) is 2. The molecule has 1 fully saturated rings. The van der Waals surface area contributed by atoms with Gasteiger partial charge < -0.3 is 9.64 Å². The number of hydrogen-bond donors (Lipinski definition) is 0. The lowest BCUT2D eigenvalue weighted by Gasteiger charge is -2.33. The molecule has 2 rings (SSSR count). The summed E-state index contributed by atoms with van der Waals surface area (Å²) in [6.07, 6.45) is 1.65. The standard InChI is InChI=1S/C16H23NO2/c1-13(2)10-16(18)17-8-9-19-15(12-17)11-14-6-4-3-5-7-14/h3-7,13,15H,8-12H2,1-2H3. The molecule has 0 spiro atoms. The van der Waals surface area contributed by atoms with Crippen molar-refractivity contribution in [2.75, 3.05) is 19.7 Å². The van der Waals surface area contributed by atoms with Crippen molar-refractivity contribution in [2.45, 2.75) is 32.8 Å². The Hall–Kier alpha value is -1.35. The van der Waals surface area contributed by atoms with Crippen LogP contribution in [0.3, 0.4) is 0 Å². The zero-order valence-corrected chi connectivity index (χ0v) is 11.8. The minimum absolute atomic E-state index is 0.132. The molecule has 1 heterocycles.